The number of thiophene rings is 1. The minimum absolute atomic E-state index is 0.0326. The molecule has 40 heavy (non-hydrogen) atoms. The van der Waals surface area contributed by atoms with Crippen LogP contribution in [0.5, 0.6) is 0 Å². The number of nitro groups is 1. The van der Waals surface area contributed by atoms with Crippen LogP contribution in [0.4, 0.5) is 11.4 Å². The van der Waals surface area contributed by atoms with E-state index in [1.54, 1.807) is 30.0 Å². The molecule has 0 saturated carbocycles. The normalized spacial score (nSPS) is 11.9. The van der Waals surface area contributed by atoms with E-state index >= 15 is 0 Å². The highest BCUT2D eigenvalue weighted by atomic mass is 32.2. The fourth-order valence-corrected chi connectivity index (χ4v) is 6.40. The zero-order valence-corrected chi connectivity index (χ0v) is 24.2. The Morgan fingerprint density at radius 3 is 2.55 bits per heavy atom. The van der Waals surface area contributed by atoms with Crippen molar-refractivity contribution in [3.63, 3.8) is 0 Å². The van der Waals surface area contributed by atoms with E-state index in [9.17, 15) is 24.5 Å². The second kappa shape index (κ2) is 12.4. The van der Waals surface area contributed by atoms with Gasteiger partial charge in [-0.05, 0) is 68.0 Å². The summed E-state index contributed by atoms with van der Waals surface area (Å²) in [6.45, 7) is 3.94. The van der Waals surface area contributed by atoms with Gasteiger partial charge < -0.3 is 10.2 Å². The summed E-state index contributed by atoms with van der Waals surface area (Å²) in [5.74, 6) is -0.260. The van der Waals surface area contributed by atoms with E-state index in [-0.39, 0.29) is 22.9 Å². The highest BCUT2D eigenvalue weighted by Crippen LogP contribution is 2.36. The van der Waals surface area contributed by atoms with Crippen LogP contribution in [0.1, 0.15) is 28.0 Å². The van der Waals surface area contributed by atoms with Crippen molar-refractivity contribution in [3.8, 4) is 5.69 Å². The Labute approximate surface area is 239 Å². The minimum Gasteiger partial charge on any atom is -0.351 e. The average molecular weight is 580 g/mol. The fourth-order valence-electron chi connectivity index (χ4n) is 4.29. The molecule has 0 aliphatic heterocycles. The number of nitrogens with one attached hydrogen (secondary N) is 1. The topological polar surface area (TPSA) is 127 Å². The van der Waals surface area contributed by atoms with Crippen LogP contribution in [0, 0.1) is 24.0 Å². The first-order valence-electron chi connectivity index (χ1n) is 12.5. The van der Waals surface area contributed by atoms with Gasteiger partial charge in [-0.1, -0.05) is 23.9 Å². The first-order valence-corrected chi connectivity index (χ1v) is 14.3. The van der Waals surface area contributed by atoms with Gasteiger partial charge in [0.05, 0.1) is 21.7 Å². The Hall–Kier alpha value is -4.03. The van der Waals surface area contributed by atoms with E-state index < -0.39 is 4.92 Å². The molecule has 0 atom stereocenters. The summed E-state index contributed by atoms with van der Waals surface area (Å²) < 4.78 is 1.64. The number of rotatable bonds is 7. The predicted molar refractivity (Wildman–Crippen MR) is 159 cm³/mol. The van der Waals surface area contributed by atoms with Crippen molar-refractivity contribution < 1.29 is 14.5 Å². The van der Waals surface area contributed by atoms with Crippen LogP contribution in [-0.4, -0.2) is 51.5 Å². The summed E-state index contributed by atoms with van der Waals surface area (Å²) in [7, 11) is 3.38. The van der Waals surface area contributed by atoms with Crippen LogP contribution in [0.15, 0.2) is 52.4 Å². The Morgan fingerprint density at radius 1 is 1.20 bits per heavy atom. The number of nitrogens with zero attached hydrogens (tertiary/aromatic N) is 4. The maximum Gasteiger partial charge on any atom is 0.269 e. The third-order valence-corrected chi connectivity index (χ3v) is 8.34. The number of hydrogen-bond acceptors (Lipinski definition) is 8. The molecule has 0 saturated heterocycles. The third kappa shape index (κ3) is 6.40. The maximum atomic E-state index is 13.8. The van der Waals surface area contributed by atoms with Crippen molar-refractivity contribution in [1.29, 1.82) is 0 Å². The number of carbonyl (C=O) groups is 2. The number of fused-ring (bicyclic) bond motifs is 3. The summed E-state index contributed by atoms with van der Waals surface area (Å²) in [6, 6.07) is 11.6. The molecule has 0 unspecified atom stereocenters. The standard InChI is InChI=1S/C25H22N4O4S2.C3H7NO/c1-14-6-7-15(2)19(12-14)28-24(31)22-18-4-3-5-20(18)35-23(22)27-25(28)34-13-21(30)26-16-8-10-17(11-9-16)29(32)33;1-4(2)3-5/h6-12H,3-5,13H2,1-2H3,(H,26,30);3H,1-2H3. The molecule has 2 amide bonds. The lowest BCUT2D eigenvalue weighted by Crippen LogP contribution is -2.23. The number of amides is 2. The number of thioether (sulfide) groups is 1. The van der Waals surface area contributed by atoms with Crippen LogP contribution < -0.4 is 10.9 Å². The van der Waals surface area contributed by atoms with Crippen molar-refractivity contribution in [2.24, 2.45) is 0 Å². The van der Waals surface area contributed by atoms with Crippen molar-refractivity contribution in [2.45, 2.75) is 38.3 Å². The van der Waals surface area contributed by atoms with Gasteiger partial charge in [0.25, 0.3) is 11.2 Å². The number of aromatic nitrogens is 2. The van der Waals surface area contributed by atoms with Gasteiger partial charge in [0.1, 0.15) is 4.83 Å². The third-order valence-electron chi connectivity index (χ3n) is 6.22. The second-order valence-corrected chi connectivity index (χ2v) is 11.6. The van der Waals surface area contributed by atoms with Crippen molar-refractivity contribution in [2.75, 3.05) is 25.2 Å². The largest absolute Gasteiger partial charge is 0.351 e. The number of nitro benzene ring substituents is 1. The van der Waals surface area contributed by atoms with Crippen LogP contribution in [0.3, 0.4) is 0 Å². The van der Waals surface area contributed by atoms with Crippen molar-refractivity contribution in [1.82, 2.24) is 14.5 Å². The van der Waals surface area contributed by atoms with E-state index in [0.717, 1.165) is 52.9 Å². The SMILES string of the molecule is CN(C)C=O.Cc1ccc(C)c(-n2c(SCC(=O)Nc3ccc([N+](=O)[O-])cc3)nc3sc4c(c3c2=O)CCC4)c1. The number of anilines is 1. The lowest BCUT2D eigenvalue weighted by atomic mass is 10.1. The molecular weight excluding hydrogens is 550 g/mol. The van der Waals surface area contributed by atoms with Gasteiger partial charge in [-0.25, -0.2) is 4.98 Å². The number of benzene rings is 2. The number of carbonyl (C=O) groups excluding carboxylic acids is 2. The highest BCUT2D eigenvalue weighted by molar-refractivity contribution is 7.99. The Kier molecular flexibility index (Phi) is 9.00. The molecule has 2 aromatic heterocycles. The summed E-state index contributed by atoms with van der Waals surface area (Å²) >= 11 is 2.77. The fraction of sp³-hybridized carbons (Fsp3) is 0.286. The van der Waals surface area contributed by atoms with Gasteiger partial charge in [0, 0.05) is 36.8 Å². The maximum absolute atomic E-state index is 13.8. The Morgan fingerprint density at radius 2 is 1.90 bits per heavy atom. The highest BCUT2D eigenvalue weighted by Gasteiger charge is 2.24. The lowest BCUT2D eigenvalue weighted by molar-refractivity contribution is -0.384. The molecule has 0 radical (unpaired) electrons. The van der Waals surface area contributed by atoms with Crippen LogP contribution in [-0.2, 0) is 22.4 Å². The average Bonchev–Trinajstić information content (AvgIpc) is 3.51. The van der Waals surface area contributed by atoms with E-state index in [1.807, 2.05) is 32.0 Å². The van der Waals surface area contributed by atoms with Gasteiger partial charge in [-0.2, -0.15) is 0 Å². The zero-order chi connectivity index (χ0) is 29.0. The molecule has 5 rings (SSSR count). The molecule has 1 N–H and O–H groups in total. The molecule has 4 aromatic rings. The Balaban J connectivity index is 0.000000681. The number of aryl methyl sites for hydroxylation is 4. The van der Waals surface area contributed by atoms with E-state index in [0.29, 0.717) is 16.2 Å². The zero-order valence-electron chi connectivity index (χ0n) is 22.6. The first kappa shape index (κ1) is 29.0. The molecule has 1 aliphatic rings. The van der Waals surface area contributed by atoms with Gasteiger partial charge in [-0.15, -0.1) is 11.3 Å². The second-order valence-electron chi connectivity index (χ2n) is 9.57. The van der Waals surface area contributed by atoms with Crippen LogP contribution in [0.25, 0.3) is 15.9 Å². The Bertz CT molecular complexity index is 1640. The monoisotopic (exact) mass is 579 g/mol. The van der Waals surface area contributed by atoms with Crippen LogP contribution >= 0.6 is 23.1 Å². The molecule has 208 valence electrons. The van der Waals surface area contributed by atoms with Gasteiger partial charge in [0.15, 0.2) is 5.16 Å². The molecule has 0 fully saturated rings. The molecule has 12 heteroatoms. The molecule has 0 bridgehead atoms. The van der Waals surface area contributed by atoms with E-state index in [4.69, 9.17) is 4.98 Å². The quantitative estimate of drug-likeness (QED) is 0.108. The van der Waals surface area contributed by atoms with Gasteiger partial charge in [0.2, 0.25) is 12.3 Å². The minimum atomic E-state index is -0.490. The van der Waals surface area contributed by atoms with E-state index in [1.165, 1.54) is 45.8 Å². The molecular formula is C28H29N5O5S2. The van der Waals surface area contributed by atoms with Gasteiger partial charge >= 0.3 is 0 Å². The molecule has 2 heterocycles. The van der Waals surface area contributed by atoms with Gasteiger partial charge in [-0.3, -0.25) is 29.1 Å². The van der Waals surface area contributed by atoms with Crippen molar-refractivity contribution >= 4 is 57.0 Å². The summed E-state index contributed by atoms with van der Waals surface area (Å²) in [5.41, 5.74) is 4.18. The first-order chi connectivity index (χ1) is 19.1. The smallest absolute Gasteiger partial charge is 0.269 e. The number of non-ortho nitro benzene ring substituents is 1. The summed E-state index contributed by atoms with van der Waals surface area (Å²) in [4.78, 5) is 54.5. The lowest BCUT2D eigenvalue weighted by Gasteiger charge is -2.15. The molecule has 0 spiro atoms. The molecule has 1 aliphatic carbocycles. The van der Waals surface area contributed by atoms with E-state index in [2.05, 4.69) is 5.32 Å². The summed E-state index contributed by atoms with van der Waals surface area (Å²) in [5, 5.41) is 14.7. The summed E-state index contributed by atoms with van der Waals surface area (Å²) in [6.07, 6.45) is 3.67. The van der Waals surface area contributed by atoms with Crippen molar-refractivity contribution in [3.05, 3.63) is 84.5 Å². The molecule has 2 aromatic carbocycles. The predicted octanol–water partition coefficient (Wildman–Crippen LogP) is 4.90. The number of hydrogen-bond donors (Lipinski definition) is 1. The van der Waals surface area contributed by atoms with Crippen LogP contribution in [0.2, 0.25) is 0 Å². The molecule has 10 nitrogen and oxygen atoms in total.